The zero-order valence-electron chi connectivity index (χ0n) is 13.4. The number of amides is 1. The molecule has 0 saturated carbocycles. The van der Waals surface area contributed by atoms with Crippen molar-refractivity contribution in [3.05, 3.63) is 53.1 Å². The topological polar surface area (TPSA) is 50.4 Å². The molecule has 0 aliphatic heterocycles. The van der Waals surface area contributed by atoms with Gasteiger partial charge in [-0.05, 0) is 49.4 Å². The van der Waals surface area contributed by atoms with Gasteiger partial charge in [0.25, 0.3) is 0 Å². The summed E-state index contributed by atoms with van der Waals surface area (Å²) in [6, 6.07) is 9.46. The average molecular weight is 373 g/mol. The first-order valence-corrected chi connectivity index (χ1v) is 7.66. The molecule has 2 aromatic rings. The standard InChI is InChI=1S/C17H16ClF3N2O2/c1-10(22-11-3-6-13(25-2)7-4-11)16(24)23-12-5-8-15(18)14(9-12)17(19,20)21/h3-10,22H,1-2H3,(H,23,24). The Morgan fingerprint density at radius 2 is 1.72 bits per heavy atom. The van der Waals surface area contributed by atoms with E-state index in [-0.39, 0.29) is 5.69 Å². The van der Waals surface area contributed by atoms with Gasteiger partial charge in [0.2, 0.25) is 5.91 Å². The van der Waals surface area contributed by atoms with Crippen LogP contribution < -0.4 is 15.4 Å². The van der Waals surface area contributed by atoms with E-state index in [9.17, 15) is 18.0 Å². The first kappa shape index (κ1) is 18.9. The molecule has 25 heavy (non-hydrogen) atoms. The lowest BCUT2D eigenvalue weighted by Gasteiger charge is -2.17. The molecule has 8 heteroatoms. The molecule has 0 saturated heterocycles. The summed E-state index contributed by atoms with van der Waals surface area (Å²) in [6.45, 7) is 1.60. The Balaban J connectivity index is 2.05. The van der Waals surface area contributed by atoms with Crippen LogP contribution in [0.25, 0.3) is 0 Å². The number of carbonyl (C=O) groups is 1. The second kappa shape index (κ2) is 7.65. The maximum Gasteiger partial charge on any atom is 0.417 e. The normalized spacial score (nSPS) is 12.4. The minimum Gasteiger partial charge on any atom is -0.497 e. The van der Waals surface area contributed by atoms with Gasteiger partial charge in [0.1, 0.15) is 11.8 Å². The molecule has 134 valence electrons. The largest absolute Gasteiger partial charge is 0.497 e. The first-order chi connectivity index (χ1) is 11.7. The van der Waals surface area contributed by atoms with Crippen LogP contribution in [0, 0.1) is 0 Å². The van der Waals surface area contributed by atoms with Crippen molar-refractivity contribution in [2.45, 2.75) is 19.1 Å². The number of halogens is 4. The number of methoxy groups -OCH3 is 1. The van der Waals surface area contributed by atoms with Gasteiger partial charge in [-0.15, -0.1) is 0 Å². The molecular formula is C17H16ClF3N2O2. The Morgan fingerprint density at radius 1 is 1.12 bits per heavy atom. The van der Waals surface area contributed by atoms with E-state index < -0.39 is 28.7 Å². The Hall–Kier alpha value is -2.41. The zero-order chi connectivity index (χ0) is 18.6. The summed E-state index contributed by atoms with van der Waals surface area (Å²) < 4.78 is 43.6. The van der Waals surface area contributed by atoms with Gasteiger partial charge in [-0.3, -0.25) is 4.79 Å². The molecule has 1 unspecified atom stereocenters. The zero-order valence-corrected chi connectivity index (χ0v) is 14.2. The smallest absolute Gasteiger partial charge is 0.417 e. The van der Waals surface area contributed by atoms with Crippen LogP contribution in [0.5, 0.6) is 5.75 Å². The van der Waals surface area contributed by atoms with E-state index >= 15 is 0 Å². The highest BCUT2D eigenvalue weighted by Crippen LogP contribution is 2.36. The van der Waals surface area contributed by atoms with E-state index in [1.807, 2.05) is 0 Å². The lowest BCUT2D eigenvalue weighted by atomic mass is 10.2. The van der Waals surface area contributed by atoms with Gasteiger partial charge in [0, 0.05) is 11.4 Å². The molecule has 2 rings (SSSR count). The third-order valence-electron chi connectivity index (χ3n) is 3.41. The molecular weight excluding hydrogens is 357 g/mol. The van der Waals surface area contributed by atoms with Crippen LogP contribution in [0.1, 0.15) is 12.5 Å². The van der Waals surface area contributed by atoms with Gasteiger partial charge in [-0.2, -0.15) is 13.2 Å². The maximum absolute atomic E-state index is 12.9. The van der Waals surface area contributed by atoms with Crippen LogP contribution in [0.15, 0.2) is 42.5 Å². The van der Waals surface area contributed by atoms with Crippen molar-refractivity contribution in [2.75, 3.05) is 17.7 Å². The molecule has 0 aliphatic carbocycles. The highest BCUT2D eigenvalue weighted by atomic mass is 35.5. The van der Waals surface area contributed by atoms with Crippen LogP contribution >= 0.6 is 11.6 Å². The van der Waals surface area contributed by atoms with Crippen molar-refractivity contribution in [3.8, 4) is 5.75 Å². The number of alkyl halides is 3. The molecule has 1 atom stereocenters. The minimum absolute atomic E-state index is 0.0186. The fourth-order valence-corrected chi connectivity index (χ4v) is 2.30. The predicted molar refractivity (Wildman–Crippen MR) is 91.2 cm³/mol. The van der Waals surface area contributed by atoms with E-state index in [4.69, 9.17) is 16.3 Å². The summed E-state index contributed by atoms with van der Waals surface area (Å²) in [5, 5.41) is 4.97. The van der Waals surface area contributed by atoms with Crippen molar-refractivity contribution in [2.24, 2.45) is 0 Å². The Labute approximate surface area is 147 Å². The van der Waals surface area contributed by atoms with E-state index in [0.717, 1.165) is 12.1 Å². The molecule has 1 amide bonds. The Bertz CT molecular complexity index is 749. The summed E-state index contributed by atoms with van der Waals surface area (Å²) >= 11 is 5.56. The van der Waals surface area contributed by atoms with Crippen molar-refractivity contribution in [1.29, 1.82) is 0 Å². The van der Waals surface area contributed by atoms with Crippen LogP contribution in [-0.2, 0) is 11.0 Å². The van der Waals surface area contributed by atoms with Gasteiger partial charge in [-0.1, -0.05) is 11.6 Å². The fourth-order valence-electron chi connectivity index (χ4n) is 2.07. The van der Waals surface area contributed by atoms with Crippen molar-refractivity contribution < 1.29 is 22.7 Å². The first-order valence-electron chi connectivity index (χ1n) is 7.29. The van der Waals surface area contributed by atoms with Crippen LogP contribution in [0.4, 0.5) is 24.5 Å². The Kier molecular flexibility index (Phi) is 5.79. The number of nitrogens with one attached hydrogen (secondary N) is 2. The van der Waals surface area contributed by atoms with Crippen molar-refractivity contribution in [1.82, 2.24) is 0 Å². The number of anilines is 2. The summed E-state index contributed by atoms with van der Waals surface area (Å²) in [5.74, 6) is 0.190. The SMILES string of the molecule is COc1ccc(NC(C)C(=O)Nc2ccc(Cl)c(C(F)(F)F)c2)cc1. The number of rotatable bonds is 5. The highest BCUT2D eigenvalue weighted by Gasteiger charge is 2.33. The molecule has 0 heterocycles. The second-order valence-electron chi connectivity index (χ2n) is 5.28. The molecule has 2 aromatic carbocycles. The third-order valence-corrected chi connectivity index (χ3v) is 3.74. The van der Waals surface area contributed by atoms with Crippen molar-refractivity contribution >= 4 is 28.9 Å². The minimum atomic E-state index is -4.59. The highest BCUT2D eigenvalue weighted by molar-refractivity contribution is 6.31. The number of benzene rings is 2. The number of carbonyl (C=O) groups excluding carboxylic acids is 1. The van der Waals surface area contributed by atoms with E-state index in [1.165, 1.54) is 6.07 Å². The average Bonchev–Trinajstić information content (AvgIpc) is 2.56. The van der Waals surface area contributed by atoms with E-state index in [0.29, 0.717) is 11.4 Å². The Morgan fingerprint density at radius 3 is 2.28 bits per heavy atom. The van der Waals surface area contributed by atoms with Crippen molar-refractivity contribution in [3.63, 3.8) is 0 Å². The summed E-state index contributed by atoms with van der Waals surface area (Å²) in [7, 11) is 1.54. The van der Waals surface area contributed by atoms with Gasteiger partial charge in [0.05, 0.1) is 17.7 Å². The number of ether oxygens (including phenoxy) is 1. The van der Waals surface area contributed by atoms with Gasteiger partial charge in [0.15, 0.2) is 0 Å². The monoisotopic (exact) mass is 372 g/mol. The fraction of sp³-hybridized carbons (Fsp3) is 0.235. The van der Waals surface area contributed by atoms with E-state index in [1.54, 1.807) is 38.3 Å². The van der Waals surface area contributed by atoms with Gasteiger partial charge >= 0.3 is 6.18 Å². The molecule has 0 aromatic heterocycles. The third kappa shape index (κ3) is 5.03. The van der Waals surface area contributed by atoms with Crippen LogP contribution in [0.2, 0.25) is 5.02 Å². The number of hydrogen-bond acceptors (Lipinski definition) is 3. The lowest BCUT2D eigenvalue weighted by molar-refractivity contribution is -0.137. The molecule has 0 aliphatic rings. The molecule has 0 radical (unpaired) electrons. The van der Waals surface area contributed by atoms with Crippen LogP contribution in [-0.4, -0.2) is 19.1 Å². The lowest BCUT2D eigenvalue weighted by Crippen LogP contribution is -2.31. The maximum atomic E-state index is 12.9. The predicted octanol–water partition coefficient (Wildman–Crippen LogP) is 4.81. The molecule has 0 fully saturated rings. The van der Waals surface area contributed by atoms with E-state index in [2.05, 4.69) is 10.6 Å². The number of hydrogen-bond donors (Lipinski definition) is 2. The second-order valence-corrected chi connectivity index (χ2v) is 5.68. The quantitative estimate of drug-likeness (QED) is 0.792. The molecule has 2 N–H and O–H groups in total. The molecule has 4 nitrogen and oxygen atoms in total. The molecule has 0 spiro atoms. The summed E-state index contributed by atoms with van der Waals surface area (Å²) in [4.78, 5) is 12.2. The summed E-state index contributed by atoms with van der Waals surface area (Å²) in [6.07, 6.45) is -4.59. The summed E-state index contributed by atoms with van der Waals surface area (Å²) in [5.41, 5.74) is -0.302. The molecule has 0 bridgehead atoms. The van der Waals surface area contributed by atoms with Gasteiger partial charge in [-0.25, -0.2) is 0 Å². The van der Waals surface area contributed by atoms with Crippen LogP contribution in [0.3, 0.4) is 0 Å². The van der Waals surface area contributed by atoms with Gasteiger partial charge < -0.3 is 15.4 Å².